The van der Waals surface area contributed by atoms with Gasteiger partial charge in [-0.05, 0) is 12.8 Å². The molecular weight excluding hydrogens is 851 g/mol. The number of nitrogen functional groups attached to an aromatic ring is 1. The van der Waals surface area contributed by atoms with E-state index in [2.05, 4.69) is 34.4 Å². The molecule has 57 heavy (non-hydrogen) atoms. The maximum atomic E-state index is 12.7. The van der Waals surface area contributed by atoms with Crippen LogP contribution in [-0.4, -0.2) is 146 Å². The number of thioether (sulfide) groups is 1. The summed E-state index contributed by atoms with van der Waals surface area (Å²) in [7, 11) is -16.4. The number of ether oxygens (including phenoxy) is 1. The molecule has 1 fully saturated rings. The van der Waals surface area contributed by atoms with Crippen molar-refractivity contribution in [3.05, 3.63) is 12.7 Å². The Morgan fingerprint density at radius 3 is 2.40 bits per heavy atom. The van der Waals surface area contributed by atoms with Crippen LogP contribution in [0.1, 0.15) is 45.8 Å². The number of hydrogen-bond acceptors (Lipinski definition) is 20. The largest absolute Gasteiger partial charge is 0.481 e. The number of fused-ring (bicyclic) bond motifs is 1. The number of phosphoric acid groups is 3. The molecule has 12 N–H and O–H groups in total. The molecule has 2 aromatic heterocycles. The highest BCUT2D eigenvalue weighted by molar-refractivity contribution is 8.13. The highest BCUT2D eigenvalue weighted by Gasteiger charge is 2.50. The Hall–Kier alpha value is -2.52. The van der Waals surface area contributed by atoms with E-state index in [9.17, 15) is 63.0 Å². The zero-order chi connectivity index (χ0) is 42.8. The van der Waals surface area contributed by atoms with Crippen LogP contribution >= 0.6 is 35.2 Å². The monoisotopic (exact) mass is 897 g/mol. The van der Waals surface area contributed by atoms with E-state index in [-0.39, 0.29) is 66.8 Å². The predicted molar refractivity (Wildman–Crippen MR) is 194 cm³/mol. The Morgan fingerprint density at radius 2 is 1.74 bits per heavy atom. The van der Waals surface area contributed by atoms with Crippen LogP contribution in [-0.2, 0) is 50.7 Å². The molecule has 8 atom stereocenters. The number of hydrogen-bond donors (Lipinski definition) is 11. The molecule has 3 rings (SSSR count). The molecule has 2 aromatic rings. The molecular formula is C27H46N7O19P3S. The lowest BCUT2D eigenvalue weighted by Crippen LogP contribution is -2.46. The summed E-state index contributed by atoms with van der Waals surface area (Å²) >= 11 is 0.910. The number of imidazole rings is 1. The van der Waals surface area contributed by atoms with E-state index in [0.29, 0.717) is 6.42 Å². The average Bonchev–Trinajstić information content (AvgIpc) is 3.67. The third kappa shape index (κ3) is 15.5. The fourth-order valence-electron chi connectivity index (χ4n) is 4.98. The fourth-order valence-corrected chi connectivity index (χ4v) is 8.55. The van der Waals surface area contributed by atoms with Crippen LogP contribution in [0.2, 0.25) is 0 Å². The van der Waals surface area contributed by atoms with E-state index < -0.39 is 90.7 Å². The summed E-state index contributed by atoms with van der Waals surface area (Å²) in [5.74, 6) is -1.33. The first kappa shape index (κ1) is 48.8. The van der Waals surface area contributed by atoms with Crippen molar-refractivity contribution in [3.63, 3.8) is 0 Å². The lowest BCUT2D eigenvalue weighted by atomic mass is 9.87. The number of carbonyl (C=O) groups excluding carboxylic acids is 3. The first-order valence-electron chi connectivity index (χ1n) is 16.8. The third-order valence-corrected chi connectivity index (χ3v) is 11.9. The van der Waals surface area contributed by atoms with Gasteiger partial charge in [-0.25, -0.2) is 28.6 Å². The Bertz CT molecular complexity index is 1840. The molecule has 324 valence electrons. The minimum atomic E-state index is -5.58. The second-order valence-corrected chi connectivity index (χ2v) is 18.4. The van der Waals surface area contributed by atoms with Crippen molar-refractivity contribution in [3.8, 4) is 0 Å². The van der Waals surface area contributed by atoms with E-state index in [1.807, 2.05) is 0 Å². The van der Waals surface area contributed by atoms with Crippen molar-refractivity contribution in [2.75, 3.05) is 44.4 Å². The molecule has 30 heteroatoms. The standard InChI is InChI=1S/C27H46N7O19P3S/c1-27(2,22(40)25(41)30-6-5-17(37)29-7-9-57-18(38)10-15(36)4-3-8-35)12-50-56(47,48)53-55(45,46)49-11-16-21(52-54(42,43)44)20(39)26(51-16)34-14-33-19-23(28)31-13-32-24(19)34/h13-16,20-22,26,35-36,39-40H,3-12H2,1-2H3,(H,29,37)(H,30,41)(H,45,46)(H,47,48)(H2,28,31,32)(H2,42,43,44)/t15?,16-,20-,21-,22+,26-/m1/s1. The molecule has 3 heterocycles. The number of amides is 2. The summed E-state index contributed by atoms with van der Waals surface area (Å²) in [4.78, 5) is 87.4. The quantitative estimate of drug-likeness (QED) is 0.0408. The number of nitrogens with two attached hydrogens (primary N) is 1. The number of nitrogens with zero attached hydrogens (tertiary/aromatic N) is 4. The Balaban J connectivity index is 1.46. The summed E-state index contributed by atoms with van der Waals surface area (Å²) in [6, 6.07) is 0. The van der Waals surface area contributed by atoms with Crippen LogP contribution in [0.3, 0.4) is 0 Å². The van der Waals surface area contributed by atoms with Crippen molar-refractivity contribution >= 4 is 69.1 Å². The van der Waals surface area contributed by atoms with Gasteiger partial charge in [-0.2, -0.15) is 4.31 Å². The van der Waals surface area contributed by atoms with E-state index in [4.69, 9.17) is 24.6 Å². The van der Waals surface area contributed by atoms with Gasteiger partial charge in [0.1, 0.15) is 36.3 Å². The SMILES string of the molecule is CC(C)(COP(=O)(O)OP(=O)(O)OC[C@H]1O[C@@H](n2cnc3c(N)ncnc32)[C@H](O)[C@@H]1OP(=O)(O)O)[C@@H](O)C(=O)NCCC(=O)NCCSC(=O)CC(O)CCCO. The summed E-state index contributed by atoms with van der Waals surface area (Å²) in [6.45, 7) is 0.179. The smallest absolute Gasteiger partial charge is 0.396 e. The minimum Gasteiger partial charge on any atom is -0.396 e. The molecule has 3 unspecified atom stereocenters. The normalized spacial score (nSPS) is 22.1. The highest BCUT2D eigenvalue weighted by atomic mass is 32.2. The fraction of sp³-hybridized carbons (Fsp3) is 0.704. The van der Waals surface area contributed by atoms with Crippen LogP contribution in [0, 0.1) is 5.41 Å². The second-order valence-electron chi connectivity index (χ2n) is 13.0. The predicted octanol–water partition coefficient (Wildman–Crippen LogP) is -1.81. The van der Waals surface area contributed by atoms with E-state index in [0.717, 1.165) is 29.0 Å². The van der Waals surface area contributed by atoms with Crippen LogP contribution in [0.4, 0.5) is 5.82 Å². The summed E-state index contributed by atoms with van der Waals surface area (Å²) < 4.78 is 62.0. The molecule has 0 saturated carbocycles. The highest BCUT2D eigenvalue weighted by Crippen LogP contribution is 2.61. The van der Waals surface area contributed by atoms with Crippen molar-refractivity contribution in [2.45, 2.75) is 76.3 Å². The van der Waals surface area contributed by atoms with Gasteiger partial charge in [0.2, 0.25) is 11.8 Å². The lowest BCUT2D eigenvalue weighted by Gasteiger charge is -2.30. The van der Waals surface area contributed by atoms with Crippen LogP contribution in [0.5, 0.6) is 0 Å². The molecule has 0 aliphatic carbocycles. The number of aromatic nitrogens is 4. The topological polar surface area (TPSA) is 404 Å². The van der Waals surface area contributed by atoms with Gasteiger partial charge in [-0.1, -0.05) is 25.6 Å². The first-order chi connectivity index (χ1) is 26.4. The van der Waals surface area contributed by atoms with Gasteiger partial charge in [0.05, 0.1) is 25.6 Å². The number of phosphoric ester groups is 3. The number of anilines is 1. The van der Waals surface area contributed by atoms with Gasteiger partial charge in [-0.3, -0.25) is 32.5 Å². The Morgan fingerprint density at radius 1 is 1.05 bits per heavy atom. The average molecular weight is 898 g/mol. The van der Waals surface area contributed by atoms with Crippen LogP contribution in [0.15, 0.2) is 12.7 Å². The molecule has 26 nitrogen and oxygen atoms in total. The molecule has 1 saturated heterocycles. The first-order valence-corrected chi connectivity index (χ1v) is 22.3. The zero-order valence-corrected chi connectivity index (χ0v) is 33.9. The van der Waals surface area contributed by atoms with Gasteiger partial charge < -0.3 is 61.1 Å². The molecule has 2 amide bonds. The van der Waals surface area contributed by atoms with Crippen LogP contribution in [0.25, 0.3) is 11.2 Å². The number of nitrogens with one attached hydrogen (secondary N) is 2. The summed E-state index contributed by atoms with van der Waals surface area (Å²) in [5, 5.41) is 44.4. The molecule has 0 bridgehead atoms. The van der Waals surface area contributed by atoms with Gasteiger partial charge >= 0.3 is 23.5 Å². The Kier molecular flexibility index (Phi) is 18.1. The van der Waals surface area contributed by atoms with Crippen molar-refractivity contribution < 1.29 is 90.7 Å². The van der Waals surface area contributed by atoms with Gasteiger partial charge in [0, 0.05) is 43.7 Å². The number of aliphatic hydroxyl groups excluding tert-OH is 4. The molecule has 0 aromatic carbocycles. The Labute approximate surface area is 328 Å². The number of rotatable bonds is 24. The zero-order valence-electron chi connectivity index (χ0n) is 30.4. The van der Waals surface area contributed by atoms with E-state index in [1.54, 1.807) is 0 Å². The number of aliphatic hydroxyl groups is 4. The lowest BCUT2D eigenvalue weighted by molar-refractivity contribution is -0.137. The molecule has 1 aliphatic rings. The van der Waals surface area contributed by atoms with Crippen molar-refractivity contribution in [1.29, 1.82) is 0 Å². The molecule has 0 spiro atoms. The molecule has 1 aliphatic heterocycles. The second kappa shape index (κ2) is 21.1. The third-order valence-electron chi connectivity index (χ3n) is 7.86. The van der Waals surface area contributed by atoms with Gasteiger partial charge in [0.25, 0.3) is 0 Å². The maximum Gasteiger partial charge on any atom is 0.481 e. The number of carbonyl (C=O) groups is 3. The molecule has 0 radical (unpaired) electrons. The summed E-state index contributed by atoms with van der Waals surface area (Å²) in [6.07, 6.45) is -7.37. The van der Waals surface area contributed by atoms with Crippen LogP contribution < -0.4 is 16.4 Å². The van der Waals surface area contributed by atoms with E-state index >= 15 is 0 Å². The van der Waals surface area contributed by atoms with Gasteiger partial charge in [-0.15, -0.1) is 0 Å². The van der Waals surface area contributed by atoms with E-state index in [1.165, 1.54) is 13.8 Å². The summed E-state index contributed by atoms with van der Waals surface area (Å²) in [5.41, 5.74) is 4.21. The van der Waals surface area contributed by atoms with Gasteiger partial charge in [0.15, 0.2) is 22.8 Å². The van der Waals surface area contributed by atoms with Crippen molar-refractivity contribution in [2.24, 2.45) is 5.41 Å². The van der Waals surface area contributed by atoms with Crippen molar-refractivity contribution in [1.82, 2.24) is 30.2 Å². The minimum absolute atomic E-state index is 0.0222. The maximum absolute atomic E-state index is 12.7.